The van der Waals surface area contributed by atoms with Gasteiger partial charge in [0.05, 0.1) is 18.7 Å². The second-order valence-corrected chi connectivity index (χ2v) is 6.56. The van der Waals surface area contributed by atoms with Crippen LogP contribution >= 0.6 is 15.9 Å². The molecule has 21 heavy (non-hydrogen) atoms. The Morgan fingerprint density at radius 2 is 1.76 bits per heavy atom. The maximum absolute atomic E-state index is 5.57. The van der Waals surface area contributed by atoms with E-state index in [1.54, 1.807) is 14.2 Å². The van der Waals surface area contributed by atoms with E-state index in [4.69, 9.17) is 9.47 Å². The van der Waals surface area contributed by atoms with Gasteiger partial charge in [0.1, 0.15) is 11.5 Å². The molecule has 3 nitrogen and oxygen atoms in total. The summed E-state index contributed by atoms with van der Waals surface area (Å²) in [6, 6.07) is 4.37. The van der Waals surface area contributed by atoms with Crippen molar-refractivity contribution in [3.8, 4) is 11.5 Å². The molecule has 0 saturated carbocycles. The molecule has 1 atom stereocenters. The Hall–Kier alpha value is -0.740. The lowest BCUT2D eigenvalue weighted by Crippen LogP contribution is -2.23. The zero-order valence-corrected chi connectivity index (χ0v) is 15.4. The molecule has 0 aromatic heterocycles. The minimum absolute atomic E-state index is 0.296. The van der Waals surface area contributed by atoms with Gasteiger partial charge in [0, 0.05) is 11.6 Å². The van der Waals surface area contributed by atoms with Crippen molar-refractivity contribution in [1.29, 1.82) is 0 Å². The van der Waals surface area contributed by atoms with Crippen LogP contribution in [0.25, 0.3) is 0 Å². The van der Waals surface area contributed by atoms with E-state index in [0.29, 0.717) is 12.0 Å². The molecule has 1 rings (SSSR count). The molecule has 1 N–H and O–H groups in total. The predicted octanol–water partition coefficient (Wildman–Crippen LogP) is 4.94. The van der Waals surface area contributed by atoms with E-state index in [9.17, 15) is 0 Å². The van der Waals surface area contributed by atoms with Gasteiger partial charge in [0.2, 0.25) is 0 Å². The lowest BCUT2D eigenvalue weighted by molar-refractivity contribution is 0.377. The summed E-state index contributed by atoms with van der Waals surface area (Å²) in [4.78, 5) is 0. The van der Waals surface area contributed by atoms with Gasteiger partial charge >= 0.3 is 0 Å². The van der Waals surface area contributed by atoms with Crippen molar-refractivity contribution < 1.29 is 9.47 Å². The lowest BCUT2D eigenvalue weighted by Gasteiger charge is -2.23. The average Bonchev–Trinajstić information content (AvgIpc) is 2.47. The summed E-state index contributed by atoms with van der Waals surface area (Å²) in [6.07, 6.45) is 3.40. The Labute approximate surface area is 137 Å². The standard InChI is InChI=1S/C17H28BrNO2/c1-6-9-19-15(8-7-12(2)3)13-10-17(21-5)14(18)11-16(13)20-4/h10-12,15,19H,6-9H2,1-5H3. The molecule has 0 saturated heterocycles. The molecule has 0 aliphatic heterocycles. The number of hydrogen-bond donors (Lipinski definition) is 1. The van der Waals surface area contributed by atoms with Crippen molar-refractivity contribution in [3.05, 3.63) is 22.2 Å². The predicted molar refractivity (Wildman–Crippen MR) is 92.4 cm³/mol. The maximum atomic E-state index is 5.57. The molecule has 1 unspecified atom stereocenters. The summed E-state index contributed by atoms with van der Waals surface area (Å²) >= 11 is 3.52. The average molecular weight is 358 g/mol. The molecule has 0 amide bonds. The smallest absolute Gasteiger partial charge is 0.133 e. The monoisotopic (exact) mass is 357 g/mol. The van der Waals surface area contributed by atoms with Crippen LogP contribution in [0.15, 0.2) is 16.6 Å². The first-order chi connectivity index (χ1) is 10.0. The van der Waals surface area contributed by atoms with Crippen molar-refractivity contribution in [2.75, 3.05) is 20.8 Å². The van der Waals surface area contributed by atoms with Crippen LogP contribution in [0.2, 0.25) is 0 Å². The minimum atomic E-state index is 0.296. The first-order valence-electron chi connectivity index (χ1n) is 7.68. The molecule has 1 aromatic carbocycles. The van der Waals surface area contributed by atoms with Gasteiger partial charge in [-0.3, -0.25) is 0 Å². The molecule has 120 valence electrons. The summed E-state index contributed by atoms with van der Waals surface area (Å²) in [7, 11) is 3.41. The Morgan fingerprint density at radius 1 is 1.10 bits per heavy atom. The Balaban J connectivity index is 3.07. The summed E-state index contributed by atoms with van der Waals surface area (Å²) in [5.74, 6) is 2.44. The van der Waals surface area contributed by atoms with Crippen molar-refractivity contribution in [1.82, 2.24) is 5.32 Å². The van der Waals surface area contributed by atoms with Crippen LogP contribution in [0, 0.1) is 5.92 Å². The van der Waals surface area contributed by atoms with Crippen LogP contribution in [0.1, 0.15) is 51.6 Å². The topological polar surface area (TPSA) is 30.5 Å². The second-order valence-electron chi connectivity index (χ2n) is 5.71. The van der Waals surface area contributed by atoms with E-state index < -0.39 is 0 Å². The fourth-order valence-electron chi connectivity index (χ4n) is 2.34. The molecule has 0 aliphatic carbocycles. The third kappa shape index (κ3) is 5.51. The molecular weight excluding hydrogens is 330 g/mol. The van der Waals surface area contributed by atoms with Crippen LogP contribution in [0.3, 0.4) is 0 Å². The largest absolute Gasteiger partial charge is 0.496 e. The third-order valence-corrected chi connectivity index (χ3v) is 4.17. The number of nitrogens with one attached hydrogen (secondary N) is 1. The highest BCUT2D eigenvalue weighted by Gasteiger charge is 2.18. The number of hydrogen-bond acceptors (Lipinski definition) is 3. The normalized spacial score (nSPS) is 12.5. The highest BCUT2D eigenvalue weighted by Crippen LogP contribution is 2.37. The molecule has 0 aliphatic rings. The summed E-state index contributed by atoms with van der Waals surface area (Å²) < 4.78 is 11.9. The van der Waals surface area contributed by atoms with Gasteiger partial charge in [-0.25, -0.2) is 0 Å². The highest BCUT2D eigenvalue weighted by atomic mass is 79.9. The van der Waals surface area contributed by atoms with Crippen LogP contribution in [0.5, 0.6) is 11.5 Å². The quantitative estimate of drug-likeness (QED) is 0.678. The van der Waals surface area contributed by atoms with Gasteiger partial charge in [0.15, 0.2) is 0 Å². The molecule has 0 radical (unpaired) electrons. The molecule has 0 spiro atoms. The van der Waals surface area contributed by atoms with E-state index in [-0.39, 0.29) is 0 Å². The summed E-state index contributed by atoms with van der Waals surface area (Å²) in [5.41, 5.74) is 1.17. The van der Waals surface area contributed by atoms with E-state index >= 15 is 0 Å². The molecule has 0 heterocycles. The van der Waals surface area contributed by atoms with Crippen molar-refractivity contribution in [3.63, 3.8) is 0 Å². The molecule has 0 fully saturated rings. The second kappa shape index (κ2) is 9.31. The molecule has 4 heteroatoms. The SMILES string of the molecule is CCCNC(CCC(C)C)c1cc(OC)c(Br)cc1OC. The van der Waals surface area contributed by atoms with Gasteiger partial charge in [-0.2, -0.15) is 0 Å². The fourth-order valence-corrected chi connectivity index (χ4v) is 2.83. The van der Waals surface area contributed by atoms with Crippen LogP contribution in [0.4, 0.5) is 0 Å². The highest BCUT2D eigenvalue weighted by molar-refractivity contribution is 9.10. The number of rotatable bonds is 9. The van der Waals surface area contributed by atoms with E-state index in [1.165, 1.54) is 12.0 Å². The van der Waals surface area contributed by atoms with Gasteiger partial charge in [0.25, 0.3) is 0 Å². The van der Waals surface area contributed by atoms with Crippen molar-refractivity contribution in [2.24, 2.45) is 5.92 Å². The first-order valence-corrected chi connectivity index (χ1v) is 8.47. The molecule has 0 bridgehead atoms. The summed E-state index contributed by atoms with van der Waals surface area (Å²) in [6.45, 7) is 7.71. The fraction of sp³-hybridized carbons (Fsp3) is 0.647. The number of halogens is 1. The first kappa shape index (κ1) is 18.3. The van der Waals surface area contributed by atoms with E-state index in [0.717, 1.165) is 35.4 Å². The Bertz CT molecular complexity index is 435. The van der Waals surface area contributed by atoms with Crippen molar-refractivity contribution in [2.45, 2.75) is 46.1 Å². The van der Waals surface area contributed by atoms with Crippen LogP contribution in [-0.2, 0) is 0 Å². The Morgan fingerprint density at radius 3 is 2.29 bits per heavy atom. The number of benzene rings is 1. The van der Waals surface area contributed by atoms with Crippen LogP contribution < -0.4 is 14.8 Å². The van der Waals surface area contributed by atoms with Crippen LogP contribution in [-0.4, -0.2) is 20.8 Å². The van der Waals surface area contributed by atoms with E-state index in [1.807, 2.05) is 6.07 Å². The molecule has 1 aromatic rings. The molecular formula is C17H28BrNO2. The number of ether oxygens (including phenoxy) is 2. The van der Waals surface area contributed by atoms with Gasteiger partial charge < -0.3 is 14.8 Å². The van der Waals surface area contributed by atoms with E-state index in [2.05, 4.69) is 48.1 Å². The van der Waals surface area contributed by atoms with Gasteiger partial charge in [-0.15, -0.1) is 0 Å². The zero-order chi connectivity index (χ0) is 15.8. The summed E-state index contributed by atoms with van der Waals surface area (Å²) in [5, 5.41) is 3.64. The number of methoxy groups -OCH3 is 2. The Kier molecular flexibility index (Phi) is 8.12. The van der Waals surface area contributed by atoms with Gasteiger partial charge in [-0.1, -0.05) is 20.8 Å². The van der Waals surface area contributed by atoms with Gasteiger partial charge in [-0.05, 0) is 59.8 Å². The zero-order valence-electron chi connectivity index (χ0n) is 13.8. The minimum Gasteiger partial charge on any atom is -0.496 e. The third-order valence-electron chi connectivity index (χ3n) is 3.55. The van der Waals surface area contributed by atoms with Crippen molar-refractivity contribution >= 4 is 15.9 Å². The maximum Gasteiger partial charge on any atom is 0.133 e. The lowest BCUT2D eigenvalue weighted by atomic mass is 9.96.